The minimum atomic E-state index is -0.367. The number of halogens is 1. The van der Waals surface area contributed by atoms with Gasteiger partial charge in [0.05, 0.1) is 5.69 Å². The summed E-state index contributed by atoms with van der Waals surface area (Å²) in [7, 11) is 0. The predicted octanol–water partition coefficient (Wildman–Crippen LogP) is 1.83. The van der Waals surface area contributed by atoms with Gasteiger partial charge in [-0.2, -0.15) is 0 Å². The molecule has 5 heteroatoms. The van der Waals surface area contributed by atoms with Crippen LogP contribution in [0.25, 0.3) is 0 Å². The lowest BCUT2D eigenvalue weighted by molar-refractivity contribution is 0.103. The Balaban J connectivity index is 2.45. The van der Waals surface area contributed by atoms with Gasteiger partial charge in [-0.05, 0) is 0 Å². The summed E-state index contributed by atoms with van der Waals surface area (Å²) in [5, 5.41) is 0.430. The van der Waals surface area contributed by atoms with E-state index in [0.717, 1.165) is 0 Å². The summed E-state index contributed by atoms with van der Waals surface area (Å²) in [5.74, 6) is -0.187. The highest BCUT2D eigenvalue weighted by Crippen LogP contribution is 2.11. The average Bonchev–Trinajstić information content (AvgIpc) is 2.70. The van der Waals surface area contributed by atoms with Gasteiger partial charge in [-0.3, -0.25) is 4.79 Å². The van der Waals surface area contributed by atoms with Gasteiger partial charge in [0.15, 0.2) is 0 Å². The van der Waals surface area contributed by atoms with Crippen LogP contribution in [0.2, 0.25) is 0 Å². The Morgan fingerprint density at radius 1 is 1.19 bits per heavy atom. The second-order valence-corrected chi connectivity index (χ2v) is 3.82. The summed E-state index contributed by atoms with van der Waals surface area (Å²) < 4.78 is 0. The first-order valence-electron chi connectivity index (χ1n) is 4.69. The smallest absolute Gasteiger partial charge is 0.308 e. The number of aromatic nitrogens is 2. The van der Waals surface area contributed by atoms with E-state index in [-0.39, 0.29) is 11.5 Å². The molecule has 1 heterocycles. The van der Waals surface area contributed by atoms with E-state index in [4.69, 9.17) is 0 Å². The topological polar surface area (TPSA) is 65.7 Å². The van der Waals surface area contributed by atoms with Gasteiger partial charge in [0.2, 0.25) is 5.78 Å². The molecule has 1 aromatic heterocycles. The van der Waals surface area contributed by atoms with Crippen LogP contribution >= 0.6 is 15.9 Å². The van der Waals surface area contributed by atoms with E-state index in [9.17, 15) is 9.59 Å². The SMILES string of the molecule is O=C(c1ccccc1)c1[nH]c(=O)[nH]c1CBr. The van der Waals surface area contributed by atoms with Gasteiger partial charge >= 0.3 is 5.69 Å². The van der Waals surface area contributed by atoms with E-state index in [2.05, 4.69) is 25.9 Å². The molecule has 0 bridgehead atoms. The summed E-state index contributed by atoms with van der Waals surface area (Å²) in [5.41, 5.74) is 1.07. The summed E-state index contributed by atoms with van der Waals surface area (Å²) in [4.78, 5) is 28.2. The van der Waals surface area contributed by atoms with E-state index < -0.39 is 0 Å². The van der Waals surface area contributed by atoms with Gasteiger partial charge < -0.3 is 9.97 Å². The van der Waals surface area contributed by atoms with E-state index in [0.29, 0.717) is 22.3 Å². The summed E-state index contributed by atoms with van der Waals surface area (Å²) in [6, 6.07) is 8.83. The third-order valence-corrected chi connectivity index (χ3v) is 2.76. The first-order valence-corrected chi connectivity index (χ1v) is 5.81. The Morgan fingerprint density at radius 2 is 1.88 bits per heavy atom. The second-order valence-electron chi connectivity index (χ2n) is 3.26. The minimum Gasteiger partial charge on any atom is -0.308 e. The fourth-order valence-corrected chi connectivity index (χ4v) is 1.87. The Labute approximate surface area is 99.8 Å². The summed E-state index contributed by atoms with van der Waals surface area (Å²) >= 11 is 3.22. The zero-order chi connectivity index (χ0) is 11.5. The van der Waals surface area contributed by atoms with Gasteiger partial charge in [-0.1, -0.05) is 46.3 Å². The van der Waals surface area contributed by atoms with Crippen LogP contribution in [0, 0.1) is 0 Å². The Kier molecular flexibility index (Phi) is 3.05. The monoisotopic (exact) mass is 280 g/mol. The first-order chi connectivity index (χ1) is 7.72. The molecule has 2 rings (SSSR count). The van der Waals surface area contributed by atoms with E-state index >= 15 is 0 Å². The molecule has 0 amide bonds. The van der Waals surface area contributed by atoms with Crippen molar-refractivity contribution in [2.45, 2.75) is 5.33 Å². The maximum absolute atomic E-state index is 12.0. The maximum atomic E-state index is 12.0. The molecule has 0 spiro atoms. The molecule has 0 radical (unpaired) electrons. The highest BCUT2D eigenvalue weighted by Gasteiger charge is 2.15. The Hall–Kier alpha value is -1.62. The number of carbonyl (C=O) groups is 1. The number of alkyl halides is 1. The molecule has 0 aliphatic heterocycles. The second kappa shape index (κ2) is 4.49. The summed E-state index contributed by atoms with van der Waals surface area (Å²) in [6.45, 7) is 0. The van der Waals surface area contributed by atoms with Gasteiger partial charge in [-0.25, -0.2) is 4.79 Å². The molecule has 82 valence electrons. The number of H-pyrrole nitrogens is 2. The van der Waals surface area contributed by atoms with Crippen molar-refractivity contribution in [2.75, 3.05) is 0 Å². The van der Waals surface area contributed by atoms with Crippen LogP contribution in [0.1, 0.15) is 21.7 Å². The lowest BCUT2D eigenvalue weighted by atomic mass is 10.1. The predicted molar refractivity (Wildman–Crippen MR) is 63.9 cm³/mol. The van der Waals surface area contributed by atoms with Crippen LogP contribution in [0.15, 0.2) is 35.1 Å². The lowest BCUT2D eigenvalue weighted by Gasteiger charge is -1.99. The van der Waals surface area contributed by atoms with E-state index in [1.165, 1.54) is 0 Å². The molecule has 2 N–H and O–H groups in total. The molecule has 16 heavy (non-hydrogen) atoms. The molecule has 0 unspecified atom stereocenters. The molecule has 0 saturated heterocycles. The van der Waals surface area contributed by atoms with Gasteiger partial charge in [0.25, 0.3) is 0 Å². The molecule has 0 fully saturated rings. The fourth-order valence-electron chi connectivity index (χ4n) is 1.45. The molecular weight excluding hydrogens is 272 g/mol. The number of nitrogens with one attached hydrogen (secondary N) is 2. The standard InChI is InChI=1S/C11H9BrN2O2/c12-6-8-9(14-11(16)13-8)10(15)7-4-2-1-3-5-7/h1-5H,6H2,(H2,13,14,16). The van der Waals surface area contributed by atoms with Crippen LogP contribution in [0.5, 0.6) is 0 Å². The highest BCUT2D eigenvalue weighted by molar-refractivity contribution is 9.08. The number of ketones is 1. The van der Waals surface area contributed by atoms with Crippen molar-refractivity contribution < 1.29 is 4.79 Å². The number of hydrogen-bond acceptors (Lipinski definition) is 2. The highest BCUT2D eigenvalue weighted by atomic mass is 79.9. The number of aromatic amines is 2. The zero-order valence-corrected chi connectivity index (χ0v) is 9.87. The molecule has 0 saturated carbocycles. The zero-order valence-electron chi connectivity index (χ0n) is 8.29. The number of hydrogen-bond donors (Lipinski definition) is 2. The van der Waals surface area contributed by atoms with Crippen LogP contribution in [-0.2, 0) is 5.33 Å². The number of imidazole rings is 1. The quantitative estimate of drug-likeness (QED) is 0.665. The van der Waals surface area contributed by atoms with Crippen molar-refractivity contribution in [3.63, 3.8) is 0 Å². The Bertz CT molecular complexity index is 557. The molecular formula is C11H9BrN2O2. The largest absolute Gasteiger partial charge is 0.323 e. The number of carbonyl (C=O) groups excluding carboxylic acids is 1. The first kappa shape index (κ1) is 10.9. The third-order valence-electron chi connectivity index (χ3n) is 2.20. The third kappa shape index (κ3) is 1.99. The fraction of sp³-hybridized carbons (Fsp3) is 0.0909. The molecule has 0 atom stereocenters. The molecule has 0 aliphatic rings. The number of benzene rings is 1. The van der Waals surface area contributed by atoms with Crippen LogP contribution in [0.3, 0.4) is 0 Å². The lowest BCUT2D eigenvalue weighted by Crippen LogP contribution is -2.06. The van der Waals surface area contributed by atoms with Crippen molar-refractivity contribution in [3.8, 4) is 0 Å². The summed E-state index contributed by atoms with van der Waals surface area (Å²) in [6.07, 6.45) is 0. The van der Waals surface area contributed by atoms with Crippen molar-refractivity contribution >= 4 is 21.7 Å². The van der Waals surface area contributed by atoms with Gasteiger partial charge in [0, 0.05) is 10.9 Å². The van der Waals surface area contributed by atoms with Crippen LogP contribution in [0.4, 0.5) is 0 Å². The van der Waals surface area contributed by atoms with Gasteiger partial charge in [0.1, 0.15) is 5.69 Å². The van der Waals surface area contributed by atoms with Crippen LogP contribution < -0.4 is 5.69 Å². The maximum Gasteiger partial charge on any atom is 0.323 e. The van der Waals surface area contributed by atoms with Crippen molar-refractivity contribution in [1.29, 1.82) is 0 Å². The average molecular weight is 281 g/mol. The molecule has 0 aliphatic carbocycles. The van der Waals surface area contributed by atoms with Gasteiger partial charge in [-0.15, -0.1) is 0 Å². The molecule has 2 aromatic rings. The van der Waals surface area contributed by atoms with Crippen molar-refractivity contribution in [2.24, 2.45) is 0 Å². The van der Waals surface area contributed by atoms with Crippen LogP contribution in [-0.4, -0.2) is 15.8 Å². The Morgan fingerprint density at radius 3 is 2.50 bits per heavy atom. The normalized spacial score (nSPS) is 10.3. The van der Waals surface area contributed by atoms with E-state index in [1.807, 2.05) is 6.07 Å². The number of rotatable bonds is 3. The molecule has 4 nitrogen and oxygen atoms in total. The molecule has 1 aromatic carbocycles. The van der Waals surface area contributed by atoms with Crippen molar-refractivity contribution in [1.82, 2.24) is 9.97 Å². The van der Waals surface area contributed by atoms with E-state index in [1.54, 1.807) is 24.3 Å². The van der Waals surface area contributed by atoms with Crippen molar-refractivity contribution in [3.05, 3.63) is 57.8 Å². The minimum absolute atomic E-state index is 0.187.